The predicted molar refractivity (Wildman–Crippen MR) is 109 cm³/mol. The first-order valence-corrected chi connectivity index (χ1v) is 11.2. The Morgan fingerprint density at radius 1 is 1.21 bits per heavy atom. The molecule has 2 N–H and O–H groups in total. The highest BCUT2D eigenvalue weighted by Gasteiger charge is 2.26. The highest BCUT2D eigenvalue weighted by Crippen LogP contribution is 2.28. The van der Waals surface area contributed by atoms with Gasteiger partial charge in [0, 0.05) is 13.1 Å². The fourth-order valence-corrected chi connectivity index (χ4v) is 4.37. The molecule has 28 heavy (non-hydrogen) atoms. The highest BCUT2D eigenvalue weighted by atomic mass is 32.2. The second-order valence-corrected chi connectivity index (χ2v) is 9.41. The van der Waals surface area contributed by atoms with Crippen molar-refractivity contribution in [1.29, 1.82) is 0 Å². The number of anilines is 1. The summed E-state index contributed by atoms with van der Waals surface area (Å²) in [6.45, 7) is 3.92. The van der Waals surface area contributed by atoms with Crippen LogP contribution in [0.4, 0.5) is 5.69 Å². The molecule has 0 bridgehead atoms. The van der Waals surface area contributed by atoms with E-state index in [0.717, 1.165) is 25.9 Å². The molecule has 0 saturated carbocycles. The van der Waals surface area contributed by atoms with Crippen LogP contribution in [-0.2, 0) is 21.2 Å². The summed E-state index contributed by atoms with van der Waals surface area (Å²) in [5, 5.41) is 12.8. The number of phenols is 1. The Morgan fingerprint density at radius 2 is 1.96 bits per heavy atom. The summed E-state index contributed by atoms with van der Waals surface area (Å²) in [7, 11) is -3.41. The van der Waals surface area contributed by atoms with E-state index < -0.39 is 9.84 Å². The van der Waals surface area contributed by atoms with E-state index in [1.54, 1.807) is 6.92 Å². The number of hydrogen-bond acceptors (Lipinski definition) is 5. The molecule has 0 aliphatic carbocycles. The molecule has 1 atom stereocenters. The first-order chi connectivity index (χ1) is 13.4. The lowest BCUT2D eigenvalue weighted by Gasteiger charge is -2.32. The number of sulfone groups is 1. The van der Waals surface area contributed by atoms with Crippen molar-refractivity contribution in [2.75, 3.05) is 24.2 Å². The van der Waals surface area contributed by atoms with Gasteiger partial charge in [-0.15, -0.1) is 0 Å². The lowest BCUT2D eigenvalue weighted by Crippen LogP contribution is -2.40. The zero-order valence-corrected chi connectivity index (χ0v) is 16.8. The van der Waals surface area contributed by atoms with Crippen molar-refractivity contribution >= 4 is 21.4 Å². The number of rotatable bonds is 6. The van der Waals surface area contributed by atoms with Crippen LogP contribution in [0, 0.1) is 5.92 Å². The SMILES string of the molecule is CCS(=O)(=O)c1ccc(O)c(NC(=O)C2CCCN(Cc3ccccc3)C2)c1. The highest BCUT2D eigenvalue weighted by molar-refractivity contribution is 7.91. The zero-order valence-electron chi connectivity index (χ0n) is 16.0. The topological polar surface area (TPSA) is 86.7 Å². The Kier molecular flexibility index (Phi) is 6.36. The molecule has 1 saturated heterocycles. The van der Waals surface area contributed by atoms with Crippen LogP contribution in [0.5, 0.6) is 5.75 Å². The van der Waals surface area contributed by atoms with Crippen LogP contribution in [0.15, 0.2) is 53.4 Å². The second-order valence-electron chi connectivity index (χ2n) is 7.13. The van der Waals surface area contributed by atoms with E-state index in [2.05, 4.69) is 22.3 Å². The number of piperidine rings is 1. The zero-order chi connectivity index (χ0) is 20.1. The van der Waals surface area contributed by atoms with Gasteiger partial charge in [0.25, 0.3) is 0 Å². The standard InChI is InChI=1S/C21H26N2O4S/c1-2-28(26,27)18-10-11-20(24)19(13-18)22-21(25)17-9-6-12-23(15-17)14-16-7-4-3-5-8-16/h3-5,7-8,10-11,13,17,24H,2,6,9,12,14-15H2,1H3,(H,22,25). The summed E-state index contributed by atoms with van der Waals surface area (Å²) in [6, 6.07) is 14.1. The number of nitrogens with one attached hydrogen (secondary N) is 1. The largest absolute Gasteiger partial charge is 0.506 e. The predicted octanol–water partition coefficient (Wildman–Crippen LogP) is 3.04. The average molecular weight is 403 g/mol. The molecular weight excluding hydrogens is 376 g/mol. The van der Waals surface area contributed by atoms with Crippen molar-refractivity contribution in [3.05, 3.63) is 54.1 Å². The van der Waals surface area contributed by atoms with Crippen LogP contribution in [0.25, 0.3) is 0 Å². The van der Waals surface area contributed by atoms with Gasteiger partial charge in [-0.3, -0.25) is 9.69 Å². The second kappa shape index (κ2) is 8.75. The number of phenolic OH excluding ortho intramolecular Hbond substituents is 1. The molecule has 1 aliphatic heterocycles. The van der Waals surface area contributed by atoms with Crippen molar-refractivity contribution < 1.29 is 18.3 Å². The fraction of sp³-hybridized carbons (Fsp3) is 0.381. The van der Waals surface area contributed by atoms with E-state index in [4.69, 9.17) is 0 Å². The Hall–Kier alpha value is -2.38. The first kappa shape index (κ1) is 20.4. The number of benzene rings is 2. The van der Waals surface area contributed by atoms with E-state index >= 15 is 0 Å². The van der Waals surface area contributed by atoms with Crippen molar-refractivity contribution in [2.24, 2.45) is 5.92 Å². The van der Waals surface area contributed by atoms with Gasteiger partial charge in [-0.1, -0.05) is 37.3 Å². The van der Waals surface area contributed by atoms with Gasteiger partial charge in [-0.05, 0) is 43.1 Å². The lowest BCUT2D eigenvalue weighted by atomic mass is 9.96. The summed E-state index contributed by atoms with van der Waals surface area (Å²) >= 11 is 0. The number of carbonyl (C=O) groups excluding carboxylic acids is 1. The Balaban J connectivity index is 1.68. The van der Waals surface area contributed by atoms with Crippen LogP contribution in [-0.4, -0.2) is 43.2 Å². The van der Waals surface area contributed by atoms with Gasteiger partial charge in [0.05, 0.1) is 22.3 Å². The molecule has 1 amide bonds. The summed E-state index contributed by atoms with van der Waals surface area (Å²) in [4.78, 5) is 15.1. The third kappa shape index (κ3) is 4.91. The van der Waals surface area contributed by atoms with Crippen molar-refractivity contribution in [3.63, 3.8) is 0 Å². The summed E-state index contributed by atoms with van der Waals surface area (Å²) in [5.41, 5.74) is 1.35. The number of aromatic hydroxyl groups is 1. The number of nitrogens with zero attached hydrogens (tertiary/aromatic N) is 1. The maximum atomic E-state index is 12.7. The fourth-order valence-electron chi connectivity index (χ4n) is 3.46. The van der Waals surface area contributed by atoms with E-state index in [1.165, 1.54) is 23.8 Å². The Bertz CT molecular complexity index is 929. The molecule has 6 nitrogen and oxygen atoms in total. The van der Waals surface area contributed by atoms with Crippen LogP contribution in [0.2, 0.25) is 0 Å². The average Bonchev–Trinajstić information content (AvgIpc) is 2.70. The number of carbonyl (C=O) groups is 1. The number of likely N-dealkylation sites (tertiary alicyclic amines) is 1. The molecule has 1 aliphatic rings. The minimum atomic E-state index is -3.41. The van der Waals surface area contributed by atoms with Crippen molar-refractivity contribution in [1.82, 2.24) is 4.90 Å². The third-order valence-electron chi connectivity index (χ3n) is 5.09. The number of hydrogen-bond donors (Lipinski definition) is 2. The summed E-state index contributed by atoms with van der Waals surface area (Å²) in [5.74, 6) is -0.579. The first-order valence-electron chi connectivity index (χ1n) is 9.52. The smallest absolute Gasteiger partial charge is 0.228 e. The van der Waals surface area contributed by atoms with Gasteiger partial charge in [0.1, 0.15) is 5.75 Å². The molecule has 1 fully saturated rings. The van der Waals surface area contributed by atoms with E-state index in [-0.39, 0.29) is 33.9 Å². The minimum Gasteiger partial charge on any atom is -0.506 e. The molecule has 3 rings (SSSR count). The van der Waals surface area contributed by atoms with Gasteiger partial charge in [-0.2, -0.15) is 0 Å². The Morgan fingerprint density at radius 3 is 2.68 bits per heavy atom. The minimum absolute atomic E-state index is 0.0395. The molecule has 7 heteroatoms. The molecule has 150 valence electrons. The van der Waals surface area contributed by atoms with Gasteiger partial charge < -0.3 is 10.4 Å². The molecular formula is C21H26N2O4S. The van der Waals surface area contributed by atoms with E-state index in [0.29, 0.717) is 6.54 Å². The monoisotopic (exact) mass is 402 g/mol. The van der Waals surface area contributed by atoms with Crippen molar-refractivity contribution in [2.45, 2.75) is 31.2 Å². The molecule has 0 spiro atoms. The summed E-state index contributed by atoms with van der Waals surface area (Å²) < 4.78 is 24.1. The summed E-state index contributed by atoms with van der Waals surface area (Å²) in [6.07, 6.45) is 1.69. The van der Waals surface area contributed by atoms with Gasteiger partial charge in [-0.25, -0.2) is 8.42 Å². The van der Waals surface area contributed by atoms with Crippen molar-refractivity contribution in [3.8, 4) is 5.75 Å². The maximum Gasteiger partial charge on any atom is 0.228 e. The lowest BCUT2D eigenvalue weighted by molar-refractivity contribution is -0.121. The quantitative estimate of drug-likeness (QED) is 0.726. The van der Waals surface area contributed by atoms with Gasteiger partial charge in [0.15, 0.2) is 9.84 Å². The maximum absolute atomic E-state index is 12.7. The third-order valence-corrected chi connectivity index (χ3v) is 6.82. The molecule has 2 aromatic carbocycles. The molecule has 0 aromatic heterocycles. The van der Waals surface area contributed by atoms with Gasteiger partial charge in [0.2, 0.25) is 5.91 Å². The van der Waals surface area contributed by atoms with E-state index in [9.17, 15) is 18.3 Å². The van der Waals surface area contributed by atoms with Crippen LogP contribution < -0.4 is 5.32 Å². The van der Waals surface area contributed by atoms with E-state index in [1.807, 2.05) is 18.2 Å². The van der Waals surface area contributed by atoms with Gasteiger partial charge >= 0.3 is 0 Å². The molecule has 1 unspecified atom stereocenters. The normalized spacial score (nSPS) is 18.0. The van der Waals surface area contributed by atoms with Crippen LogP contribution in [0.1, 0.15) is 25.3 Å². The molecule has 0 radical (unpaired) electrons. The van der Waals surface area contributed by atoms with Crippen LogP contribution >= 0.6 is 0 Å². The molecule has 2 aromatic rings. The molecule has 1 heterocycles. The number of amides is 1. The Labute approximate surface area is 166 Å². The van der Waals surface area contributed by atoms with Crippen LogP contribution in [0.3, 0.4) is 0 Å².